The van der Waals surface area contributed by atoms with Crippen LogP contribution in [-0.2, 0) is 11.4 Å². The lowest BCUT2D eigenvalue weighted by Crippen LogP contribution is -2.29. The molecule has 0 aliphatic rings. The van der Waals surface area contributed by atoms with Crippen molar-refractivity contribution in [2.24, 2.45) is 5.73 Å². The zero-order valence-electron chi connectivity index (χ0n) is 16.6. The Morgan fingerprint density at radius 1 is 1.03 bits per heavy atom. The topological polar surface area (TPSA) is 55.3 Å². The smallest absolute Gasteiger partial charge is 0.406 e. The van der Waals surface area contributed by atoms with Gasteiger partial charge in [-0.3, -0.25) is 0 Å². The van der Waals surface area contributed by atoms with Crippen molar-refractivity contribution >= 4 is 28.9 Å². The summed E-state index contributed by atoms with van der Waals surface area (Å²) in [6, 6.07) is 23.1. The average Bonchev–Trinajstić information content (AvgIpc) is 2.75. The SMILES string of the molecule is CC(c1cccc(COc2ccccc2)c1)=[N+](C(=O)CN)c1cc(Cl)ccc1C. The van der Waals surface area contributed by atoms with Crippen molar-refractivity contribution < 1.29 is 14.1 Å². The van der Waals surface area contributed by atoms with Gasteiger partial charge in [-0.1, -0.05) is 48.0 Å². The number of rotatable bonds is 6. The van der Waals surface area contributed by atoms with E-state index in [1.807, 2.05) is 80.6 Å². The Morgan fingerprint density at radius 2 is 1.79 bits per heavy atom. The third-order valence-electron chi connectivity index (χ3n) is 4.66. The van der Waals surface area contributed by atoms with E-state index in [0.29, 0.717) is 11.6 Å². The molecule has 0 bridgehead atoms. The molecule has 3 rings (SSSR count). The van der Waals surface area contributed by atoms with Crippen LogP contribution in [0, 0.1) is 6.92 Å². The minimum absolute atomic E-state index is 0.0971. The van der Waals surface area contributed by atoms with Gasteiger partial charge in [-0.25, -0.2) is 4.79 Å². The molecular weight excluding hydrogens is 384 g/mol. The van der Waals surface area contributed by atoms with Gasteiger partial charge in [0.15, 0.2) is 5.71 Å². The van der Waals surface area contributed by atoms with E-state index >= 15 is 0 Å². The number of amides is 1. The molecular formula is C24H24ClN2O2+. The standard InChI is InChI=1S/C24H24ClN2O2/c1-17-11-12-21(25)14-23(17)27(24(28)15-26)18(2)20-8-6-7-19(13-20)16-29-22-9-4-3-5-10-22/h3-14H,15-16,26H2,1-2H3/q+1. The summed E-state index contributed by atoms with van der Waals surface area (Å²) in [4.78, 5) is 12.7. The highest BCUT2D eigenvalue weighted by atomic mass is 35.5. The number of benzene rings is 3. The predicted octanol–water partition coefficient (Wildman–Crippen LogP) is 4.87. The molecule has 0 aromatic heterocycles. The van der Waals surface area contributed by atoms with Crippen molar-refractivity contribution in [2.75, 3.05) is 6.54 Å². The lowest BCUT2D eigenvalue weighted by molar-refractivity contribution is -0.366. The van der Waals surface area contributed by atoms with Crippen molar-refractivity contribution in [1.82, 2.24) is 0 Å². The number of hydrogen-bond acceptors (Lipinski definition) is 3. The predicted molar refractivity (Wildman–Crippen MR) is 117 cm³/mol. The van der Waals surface area contributed by atoms with Gasteiger partial charge in [0.2, 0.25) is 5.69 Å². The van der Waals surface area contributed by atoms with Crippen molar-refractivity contribution in [2.45, 2.75) is 20.5 Å². The Balaban J connectivity index is 1.98. The minimum atomic E-state index is -0.196. The Hall–Kier alpha value is -2.95. The van der Waals surface area contributed by atoms with Crippen LogP contribution >= 0.6 is 11.6 Å². The number of nitrogens with zero attached hydrogens (tertiary/aromatic N) is 1. The first kappa shape index (κ1) is 20.8. The van der Waals surface area contributed by atoms with Crippen LogP contribution in [0.1, 0.15) is 23.6 Å². The zero-order valence-corrected chi connectivity index (χ0v) is 17.3. The van der Waals surface area contributed by atoms with E-state index in [0.717, 1.165) is 33.8 Å². The second-order valence-corrected chi connectivity index (χ2v) is 7.19. The normalized spacial score (nSPS) is 11.7. The van der Waals surface area contributed by atoms with E-state index in [1.54, 1.807) is 10.6 Å². The van der Waals surface area contributed by atoms with Crippen molar-refractivity contribution in [3.8, 4) is 5.75 Å². The van der Waals surface area contributed by atoms with E-state index in [9.17, 15) is 4.79 Å². The molecule has 0 saturated heterocycles. The van der Waals surface area contributed by atoms with Gasteiger partial charge in [-0.15, -0.1) is 4.58 Å². The molecule has 0 atom stereocenters. The maximum atomic E-state index is 12.7. The summed E-state index contributed by atoms with van der Waals surface area (Å²) in [6.45, 7) is 4.19. The molecule has 148 valence electrons. The van der Waals surface area contributed by atoms with Gasteiger partial charge in [-0.2, -0.15) is 0 Å². The lowest BCUT2D eigenvalue weighted by atomic mass is 10.1. The van der Waals surface area contributed by atoms with Gasteiger partial charge in [0, 0.05) is 29.1 Å². The summed E-state index contributed by atoms with van der Waals surface area (Å²) in [5.41, 5.74) is 10.1. The van der Waals surface area contributed by atoms with Crippen molar-refractivity contribution in [3.63, 3.8) is 0 Å². The molecule has 0 aliphatic carbocycles. The van der Waals surface area contributed by atoms with Gasteiger partial charge in [0.1, 0.15) is 18.9 Å². The van der Waals surface area contributed by atoms with Crippen molar-refractivity contribution in [1.29, 1.82) is 0 Å². The summed E-state index contributed by atoms with van der Waals surface area (Å²) < 4.78 is 7.49. The third-order valence-corrected chi connectivity index (χ3v) is 4.90. The van der Waals surface area contributed by atoms with E-state index in [4.69, 9.17) is 22.1 Å². The molecule has 0 saturated carbocycles. The van der Waals surface area contributed by atoms with Crippen LogP contribution in [0.5, 0.6) is 5.75 Å². The number of halogens is 1. The molecule has 0 heterocycles. The summed E-state index contributed by atoms with van der Waals surface area (Å²) in [5, 5.41) is 0.568. The fourth-order valence-electron chi connectivity index (χ4n) is 3.12. The second-order valence-electron chi connectivity index (χ2n) is 6.75. The third kappa shape index (κ3) is 5.11. The first-order chi connectivity index (χ1) is 14.0. The molecule has 0 unspecified atom stereocenters. The zero-order chi connectivity index (χ0) is 20.8. The first-order valence-electron chi connectivity index (χ1n) is 9.39. The Morgan fingerprint density at radius 3 is 2.52 bits per heavy atom. The molecule has 5 heteroatoms. The van der Waals surface area contributed by atoms with E-state index in [1.165, 1.54) is 0 Å². The minimum Gasteiger partial charge on any atom is -0.489 e. The quantitative estimate of drug-likeness (QED) is 0.468. The van der Waals surface area contributed by atoms with Crippen molar-refractivity contribution in [3.05, 3.63) is 94.5 Å². The van der Waals surface area contributed by atoms with Crippen LogP contribution in [0.15, 0.2) is 72.8 Å². The average molecular weight is 408 g/mol. The van der Waals surface area contributed by atoms with Crippen LogP contribution in [0.3, 0.4) is 0 Å². The van der Waals surface area contributed by atoms with Gasteiger partial charge < -0.3 is 10.5 Å². The fourth-order valence-corrected chi connectivity index (χ4v) is 3.28. The highest BCUT2D eigenvalue weighted by molar-refractivity contribution is 6.30. The molecule has 2 N–H and O–H groups in total. The summed E-state index contributed by atoms with van der Waals surface area (Å²) in [5.74, 6) is 0.617. The summed E-state index contributed by atoms with van der Waals surface area (Å²) in [7, 11) is 0. The molecule has 0 spiro atoms. The molecule has 0 fully saturated rings. The lowest BCUT2D eigenvalue weighted by Gasteiger charge is -2.10. The van der Waals surface area contributed by atoms with E-state index < -0.39 is 0 Å². The Kier molecular flexibility index (Phi) is 6.81. The molecule has 0 aliphatic heterocycles. The number of para-hydroxylation sites is 1. The van der Waals surface area contributed by atoms with E-state index in [-0.39, 0.29) is 12.5 Å². The van der Waals surface area contributed by atoms with Gasteiger partial charge in [0.25, 0.3) is 0 Å². The number of aryl methyl sites for hydroxylation is 1. The number of carbonyl (C=O) groups is 1. The van der Waals surface area contributed by atoms with Crippen LogP contribution in [0.2, 0.25) is 5.02 Å². The molecule has 29 heavy (non-hydrogen) atoms. The number of ether oxygens (including phenoxy) is 1. The largest absolute Gasteiger partial charge is 0.489 e. The van der Waals surface area contributed by atoms with Gasteiger partial charge in [-0.05, 0) is 42.8 Å². The number of nitrogens with two attached hydrogens (primary N) is 1. The number of hydrogen-bond donors (Lipinski definition) is 1. The highest BCUT2D eigenvalue weighted by Gasteiger charge is 2.26. The fraction of sp³-hybridized carbons (Fsp3) is 0.167. The highest BCUT2D eigenvalue weighted by Crippen LogP contribution is 2.24. The molecule has 3 aromatic rings. The summed E-state index contributed by atoms with van der Waals surface area (Å²) >= 11 is 6.19. The van der Waals surface area contributed by atoms with Gasteiger partial charge in [0.05, 0.1) is 0 Å². The molecule has 3 aromatic carbocycles. The molecule has 1 amide bonds. The molecule has 0 radical (unpaired) electrons. The first-order valence-corrected chi connectivity index (χ1v) is 9.77. The van der Waals surface area contributed by atoms with Crippen LogP contribution in [0.4, 0.5) is 5.69 Å². The maximum Gasteiger partial charge on any atom is 0.406 e. The van der Waals surface area contributed by atoms with Crippen LogP contribution in [-0.4, -0.2) is 22.7 Å². The Labute approximate surface area is 176 Å². The van der Waals surface area contributed by atoms with E-state index in [2.05, 4.69) is 0 Å². The second kappa shape index (κ2) is 9.50. The Bertz CT molecular complexity index is 1050. The summed E-state index contributed by atoms with van der Waals surface area (Å²) in [6.07, 6.45) is 0. The molecule has 4 nitrogen and oxygen atoms in total. The van der Waals surface area contributed by atoms with Gasteiger partial charge >= 0.3 is 5.91 Å². The number of carbonyl (C=O) groups excluding carboxylic acids is 1. The van der Waals surface area contributed by atoms with Crippen LogP contribution < -0.4 is 10.5 Å². The van der Waals surface area contributed by atoms with Crippen LogP contribution in [0.25, 0.3) is 0 Å². The maximum absolute atomic E-state index is 12.7. The monoisotopic (exact) mass is 407 g/mol.